The molecule has 1 heterocycles. The number of ether oxygens (including phenoxy) is 2. The van der Waals surface area contributed by atoms with E-state index >= 15 is 0 Å². The molecule has 1 aliphatic heterocycles. The lowest BCUT2D eigenvalue weighted by molar-refractivity contribution is -0.146. The molecule has 2 N–H and O–H groups in total. The smallest absolute Gasteiger partial charge is 0.338 e. The predicted octanol–water partition coefficient (Wildman–Crippen LogP) is 3.45. The van der Waals surface area contributed by atoms with Crippen LogP contribution in [0, 0.1) is 5.92 Å². The highest BCUT2D eigenvalue weighted by Crippen LogP contribution is 2.32. The predicted molar refractivity (Wildman–Crippen MR) is 97.6 cm³/mol. The van der Waals surface area contributed by atoms with Crippen molar-refractivity contribution in [2.45, 2.75) is 52.2 Å². The van der Waals surface area contributed by atoms with Gasteiger partial charge in [-0.05, 0) is 56.7 Å². The Balaban J connectivity index is 1.85. The number of rotatable bonds is 5. The molecule has 3 rings (SSSR count). The fourth-order valence-corrected chi connectivity index (χ4v) is 3.63. The van der Waals surface area contributed by atoms with E-state index in [1.165, 1.54) is 0 Å². The van der Waals surface area contributed by atoms with Crippen LogP contribution in [0.1, 0.15) is 51.6 Å². The first-order valence-electron chi connectivity index (χ1n) is 9.21. The third kappa shape index (κ3) is 3.84. The van der Waals surface area contributed by atoms with E-state index in [4.69, 9.17) is 9.47 Å². The molecule has 1 aromatic rings. The molecule has 0 spiro atoms. The van der Waals surface area contributed by atoms with Crippen LogP contribution in [0.2, 0.25) is 0 Å². The van der Waals surface area contributed by atoms with Gasteiger partial charge in [0.15, 0.2) is 0 Å². The Hall–Kier alpha value is -2.50. The summed E-state index contributed by atoms with van der Waals surface area (Å²) < 4.78 is 11.2. The van der Waals surface area contributed by atoms with Crippen molar-refractivity contribution >= 4 is 12.0 Å². The molecular weight excluding hydrogens is 332 g/mol. The van der Waals surface area contributed by atoms with E-state index < -0.39 is 6.04 Å². The van der Waals surface area contributed by atoms with E-state index in [0.29, 0.717) is 23.8 Å². The zero-order valence-electron chi connectivity index (χ0n) is 15.5. The summed E-state index contributed by atoms with van der Waals surface area (Å²) in [6, 6.07) is 6.53. The van der Waals surface area contributed by atoms with Crippen molar-refractivity contribution in [1.29, 1.82) is 0 Å². The molecule has 1 aliphatic carbocycles. The summed E-state index contributed by atoms with van der Waals surface area (Å²) in [5.41, 5.74) is 1.80. The molecule has 0 unspecified atom stereocenters. The second kappa shape index (κ2) is 7.81. The van der Waals surface area contributed by atoms with Gasteiger partial charge < -0.3 is 20.1 Å². The molecule has 0 bridgehead atoms. The quantitative estimate of drug-likeness (QED) is 0.791. The molecule has 2 aliphatic rings. The zero-order valence-corrected chi connectivity index (χ0v) is 15.5. The van der Waals surface area contributed by atoms with E-state index in [2.05, 4.69) is 17.6 Å². The van der Waals surface area contributed by atoms with E-state index in [-0.39, 0.29) is 18.1 Å². The van der Waals surface area contributed by atoms with Gasteiger partial charge >= 0.3 is 12.0 Å². The summed E-state index contributed by atoms with van der Waals surface area (Å²) in [6.45, 7) is 6.34. The molecule has 140 valence electrons. The van der Waals surface area contributed by atoms with E-state index in [1.54, 1.807) is 6.92 Å². The van der Waals surface area contributed by atoms with Crippen LogP contribution in [0.25, 0.3) is 0 Å². The third-order valence-electron chi connectivity index (χ3n) is 5.05. The van der Waals surface area contributed by atoms with Gasteiger partial charge in [-0.15, -0.1) is 0 Å². The van der Waals surface area contributed by atoms with Crippen molar-refractivity contribution in [2.75, 3.05) is 6.61 Å². The molecule has 6 nitrogen and oxygen atoms in total. The van der Waals surface area contributed by atoms with Crippen LogP contribution in [-0.2, 0) is 9.53 Å². The summed E-state index contributed by atoms with van der Waals surface area (Å²) in [6.07, 6.45) is 3.00. The lowest BCUT2D eigenvalue weighted by atomic mass is 9.95. The minimum Gasteiger partial charge on any atom is -0.494 e. The molecule has 1 aromatic carbocycles. The average Bonchev–Trinajstić information content (AvgIpc) is 3.00. The first-order chi connectivity index (χ1) is 12.5. The Morgan fingerprint density at radius 3 is 2.58 bits per heavy atom. The van der Waals surface area contributed by atoms with Gasteiger partial charge in [-0.3, -0.25) is 0 Å². The van der Waals surface area contributed by atoms with Crippen molar-refractivity contribution in [1.82, 2.24) is 10.6 Å². The number of carbonyl (C=O) groups excluding carboxylic acids is 2. The third-order valence-corrected chi connectivity index (χ3v) is 5.05. The van der Waals surface area contributed by atoms with Gasteiger partial charge in [0.05, 0.1) is 18.2 Å². The molecule has 0 saturated heterocycles. The van der Waals surface area contributed by atoms with Crippen LogP contribution in [0.15, 0.2) is 35.5 Å². The topological polar surface area (TPSA) is 76.7 Å². The zero-order chi connectivity index (χ0) is 18.7. The maximum Gasteiger partial charge on any atom is 0.338 e. The summed E-state index contributed by atoms with van der Waals surface area (Å²) in [5, 5.41) is 5.51. The monoisotopic (exact) mass is 358 g/mol. The molecule has 0 aromatic heterocycles. The molecule has 2 amide bonds. The second-order valence-electron chi connectivity index (χ2n) is 6.92. The van der Waals surface area contributed by atoms with Crippen LogP contribution in [-0.4, -0.2) is 24.7 Å². The maximum absolute atomic E-state index is 12.9. The lowest BCUT2D eigenvalue weighted by Gasteiger charge is -2.29. The number of hydrogen-bond acceptors (Lipinski definition) is 4. The molecule has 6 heteroatoms. The highest BCUT2D eigenvalue weighted by atomic mass is 16.5. The van der Waals surface area contributed by atoms with Gasteiger partial charge in [-0.2, -0.15) is 0 Å². The Labute approximate surface area is 153 Å². The molecular formula is C20H26N2O4. The molecule has 1 fully saturated rings. The lowest BCUT2D eigenvalue weighted by Crippen LogP contribution is -2.45. The fraction of sp³-hybridized carbons (Fsp3) is 0.500. The number of carbonyl (C=O) groups is 2. The van der Waals surface area contributed by atoms with Gasteiger partial charge in [0.2, 0.25) is 0 Å². The largest absolute Gasteiger partial charge is 0.494 e. The number of hydrogen-bond donors (Lipinski definition) is 2. The Kier molecular flexibility index (Phi) is 5.49. The number of nitrogens with one attached hydrogen (secondary N) is 2. The average molecular weight is 358 g/mol. The van der Waals surface area contributed by atoms with Crippen LogP contribution < -0.4 is 15.4 Å². The SMILES string of the molecule is CCOc1ccc([C@@H]2NC(=O)NC(C)=C2C(=O)O[C@@H]2CCC[C@@H]2C)cc1. The molecule has 1 saturated carbocycles. The molecule has 3 atom stereocenters. The Morgan fingerprint density at radius 1 is 1.23 bits per heavy atom. The van der Waals surface area contributed by atoms with Crippen LogP contribution >= 0.6 is 0 Å². The van der Waals surface area contributed by atoms with Crippen molar-refractivity contribution in [3.63, 3.8) is 0 Å². The summed E-state index contributed by atoms with van der Waals surface area (Å²) in [4.78, 5) is 24.8. The van der Waals surface area contributed by atoms with Crippen molar-refractivity contribution in [3.8, 4) is 5.75 Å². The number of amides is 2. The van der Waals surface area contributed by atoms with Crippen LogP contribution in [0.5, 0.6) is 5.75 Å². The maximum atomic E-state index is 12.9. The number of esters is 1. The number of allylic oxidation sites excluding steroid dienone is 1. The Bertz CT molecular complexity index is 711. The first-order valence-corrected chi connectivity index (χ1v) is 9.21. The van der Waals surface area contributed by atoms with Gasteiger partial charge in [0.1, 0.15) is 11.9 Å². The minimum atomic E-state index is -0.538. The summed E-state index contributed by atoms with van der Waals surface area (Å²) in [5.74, 6) is 0.753. The van der Waals surface area contributed by atoms with Crippen LogP contribution in [0.3, 0.4) is 0 Å². The summed E-state index contributed by atoms with van der Waals surface area (Å²) >= 11 is 0. The van der Waals surface area contributed by atoms with Crippen molar-refractivity contribution in [3.05, 3.63) is 41.1 Å². The van der Waals surface area contributed by atoms with E-state index in [0.717, 1.165) is 30.6 Å². The normalized spacial score (nSPS) is 25.5. The molecule has 0 radical (unpaired) electrons. The highest BCUT2D eigenvalue weighted by molar-refractivity contribution is 5.95. The standard InChI is InChI=1S/C20H26N2O4/c1-4-25-15-10-8-14(9-11-15)18-17(13(3)21-20(24)22-18)19(23)26-16-7-5-6-12(16)2/h8-12,16,18H,4-7H2,1-3H3,(H2,21,22,24)/t12-,16+,18-/m0/s1. The number of urea groups is 1. The van der Waals surface area contributed by atoms with Crippen LogP contribution in [0.4, 0.5) is 4.79 Å². The fourth-order valence-electron chi connectivity index (χ4n) is 3.63. The molecule has 26 heavy (non-hydrogen) atoms. The van der Waals surface area contributed by atoms with Crippen molar-refractivity contribution < 1.29 is 19.1 Å². The Morgan fingerprint density at radius 2 is 1.96 bits per heavy atom. The van der Waals surface area contributed by atoms with E-state index in [9.17, 15) is 9.59 Å². The summed E-state index contributed by atoms with van der Waals surface area (Å²) in [7, 11) is 0. The first kappa shape index (κ1) is 18.3. The minimum absolute atomic E-state index is 0.0543. The van der Waals surface area contributed by atoms with Crippen molar-refractivity contribution in [2.24, 2.45) is 5.92 Å². The highest BCUT2D eigenvalue weighted by Gasteiger charge is 2.35. The van der Waals surface area contributed by atoms with Gasteiger partial charge in [0, 0.05) is 5.70 Å². The number of benzene rings is 1. The second-order valence-corrected chi connectivity index (χ2v) is 6.92. The van der Waals surface area contributed by atoms with E-state index in [1.807, 2.05) is 31.2 Å². The van der Waals surface area contributed by atoms with Gasteiger partial charge in [0.25, 0.3) is 0 Å². The van der Waals surface area contributed by atoms with Gasteiger partial charge in [-0.25, -0.2) is 9.59 Å². The van der Waals surface area contributed by atoms with Gasteiger partial charge in [-0.1, -0.05) is 19.1 Å².